The zero-order chi connectivity index (χ0) is 15.7. The van der Waals surface area contributed by atoms with Crippen LogP contribution in [-0.4, -0.2) is 47.7 Å². The van der Waals surface area contributed by atoms with Gasteiger partial charge in [-0.3, -0.25) is 9.59 Å². The minimum atomic E-state index is -0.834. The number of carboxylic acid groups (broad SMARTS) is 1. The number of nitrogens with zero attached hydrogens (tertiary/aromatic N) is 1. The number of carboxylic acids is 1. The first kappa shape index (κ1) is 15.8. The van der Waals surface area contributed by atoms with Crippen LogP contribution in [0.3, 0.4) is 0 Å². The van der Waals surface area contributed by atoms with Crippen LogP contribution in [0.5, 0.6) is 0 Å². The van der Waals surface area contributed by atoms with Gasteiger partial charge in [-0.1, -0.05) is 32.1 Å². The van der Waals surface area contributed by atoms with E-state index in [1.165, 1.54) is 32.1 Å². The van der Waals surface area contributed by atoms with Crippen molar-refractivity contribution in [1.82, 2.24) is 4.90 Å². The van der Waals surface area contributed by atoms with Gasteiger partial charge in [-0.05, 0) is 24.7 Å². The number of amides is 1. The average Bonchev–Trinajstić information content (AvgIpc) is 3.22. The van der Waals surface area contributed by atoms with E-state index in [1.54, 1.807) is 12.0 Å². The molecule has 124 valence electrons. The third-order valence-electron chi connectivity index (χ3n) is 5.82. The summed E-state index contributed by atoms with van der Waals surface area (Å²) in [4.78, 5) is 25.6. The first-order valence-electron chi connectivity index (χ1n) is 8.65. The van der Waals surface area contributed by atoms with Gasteiger partial charge in [-0.25, -0.2) is 0 Å². The summed E-state index contributed by atoms with van der Waals surface area (Å²) in [6.45, 7) is 0.557. The fourth-order valence-corrected chi connectivity index (χ4v) is 4.50. The molecule has 3 fully saturated rings. The smallest absolute Gasteiger partial charge is 0.305 e. The van der Waals surface area contributed by atoms with Gasteiger partial charge >= 0.3 is 5.97 Å². The lowest BCUT2D eigenvalue weighted by Crippen LogP contribution is -2.39. The van der Waals surface area contributed by atoms with Crippen LogP contribution in [0.15, 0.2) is 0 Å². The van der Waals surface area contributed by atoms with E-state index in [-0.39, 0.29) is 30.4 Å². The van der Waals surface area contributed by atoms with Crippen LogP contribution >= 0.6 is 0 Å². The molecule has 1 amide bonds. The van der Waals surface area contributed by atoms with Gasteiger partial charge in [-0.15, -0.1) is 0 Å². The molecule has 4 atom stereocenters. The van der Waals surface area contributed by atoms with Crippen LogP contribution in [0.1, 0.15) is 51.4 Å². The van der Waals surface area contributed by atoms with Gasteiger partial charge < -0.3 is 14.7 Å². The second-order valence-electron chi connectivity index (χ2n) is 7.24. The molecule has 0 radical (unpaired) electrons. The number of carbonyl (C=O) groups is 2. The van der Waals surface area contributed by atoms with Crippen molar-refractivity contribution in [3.63, 3.8) is 0 Å². The number of likely N-dealkylation sites (tertiary alicyclic amines) is 1. The van der Waals surface area contributed by atoms with Crippen molar-refractivity contribution in [3.05, 3.63) is 0 Å². The maximum atomic E-state index is 12.8. The van der Waals surface area contributed by atoms with Crippen LogP contribution in [0.25, 0.3) is 0 Å². The number of carbonyl (C=O) groups excluding carboxylic acids is 1. The predicted molar refractivity (Wildman–Crippen MR) is 81.3 cm³/mol. The molecule has 1 heterocycles. The van der Waals surface area contributed by atoms with E-state index in [4.69, 9.17) is 9.84 Å². The minimum Gasteiger partial charge on any atom is -0.481 e. The fourth-order valence-electron chi connectivity index (χ4n) is 4.50. The van der Waals surface area contributed by atoms with E-state index in [0.717, 1.165) is 12.3 Å². The van der Waals surface area contributed by atoms with Gasteiger partial charge in [0.05, 0.1) is 12.5 Å². The van der Waals surface area contributed by atoms with Crippen molar-refractivity contribution in [2.24, 2.45) is 17.8 Å². The Bertz CT molecular complexity index is 432. The van der Waals surface area contributed by atoms with Crippen LogP contribution in [0.4, 0.5) is 0 Å². The van der Waals surface area contributed by atoms with Crippen molar-refractivity contribution < 1.29 is 19.4 Å². The van der Waals surface area contributed by atoms with E-state index in [1.807, 2.05) is 0 Å². The molecule has 0 spiro atoms. The molecule has 1 N–H and O–H groups in total. The molecule has 0 aromatic rings. The molecular weight excluding hydrogens is 282 g/mol. The van der Waals surface area contributed by atoms with Gasteiger partial charge in [0.2, 0.25) is 5.91 Å². The molecule has 0 aromatic carbocycles. The largest absolute Gasteiger partial charge is 0.481 e. The Labute approximate surface area is 132 Å². The van der Waals surface area contributed by atoms with Crippen molar-refractivity contribution in [2.75, 3.05) is 13.7 Å². The molecule has 0 aromatic heterocycles. The van der Waals surface area contributed by atoms with Crippen molar-refractivity contribution in [1.29, 1.82) is 0 Å². The fraction of sp³-hybridized carbons (Fsp3) is 0.882. The SMILES string of the molecule is COC1CC(CC(=O)O)N(C(=O)C2CC2C2CCCCC2)C1. The van der Waals surface area contributed by atoms with Gasteiger partial charge in [0.15, 0.2) is 0 Å². The summed E-state index contributed by atoms with van der Waals surface area (Å²) in [5.41, 5.74) is 0. The maximum Gasteiger partial charge on any atom is 0.305 e. The quantitative estimate of drug-likeness (QED) is 0.846. The van der Waals surface area contributed by atoms with E-state index < -0.39 is 5.97 Å². The first-order chi connectivity index (χ1) is 10.6. The molecule has 22 heavy (non-hydrogen) atoms. The number of ether oxygens (including phenoxy) is 1. The summed E-state index contributed by atoms with van der Waals surface area (Å²) in [6, 6.07) is -0.192. The molecule has 2 saturated carbocycles. The Morgan fingerprint density at radius 2 is 1.91 bits per heavy atom. The lowest BCUT2D eigenvalue weighted by atomic mass is 9.85. The highest BCUT2D eigenvalue weighted by atomic mass is 16.5. The van der Waals surface area contributed by atoms with Crippen LogP contribution in [-0.2, 0) is 14.3 Å². The maximum absolute atomic E-state index is 12.8. The van der Waals surface area contributed by atoms with Gasteiger partial charge in [-0.2, -0.15) is 0 Å². The summed E-state index contributed by atoms with van der Waals surface area (Å²) >= 11 is 0. The monoisotopic (exact) mass is 309 g/mol. The van der Waals surface area contributed by atoms with Crippen molar-refractivity contribution in [3.8, 4) is 0 Å². The summed E-state index contributed by atoms with van der Waals surface area (Å²) in [7, 11) is 1.64. The third kappa shape index (κ3) is 3.29. The Morgan fingerprint density at radius 3 is 2.55 bits per heavy atom. The van der Waals surface area contributed by atoms with Gasteiger partial charge in [0.25, 0.3) is 0 Å². The van der Waals surface area contributed by atoms with E-state index in [9.17, 15) is 9.59 Å². The lowest BCUT2D eigenvalue weighted by molar-refractivity contribution is -0.140. The summed E-state index contributed by atoms with van der Waals surface area (Å²) in [6.07, 6.45) is 8.17. The molecule has 1 aliphatic heterocycles. The van der Waals surface area contributed by atoms with Gasteiger partial charge in [0.1, 0.15) is 0 Å². The number of hydrogen-bond donors (Lipinski definition) is 1. The first-order valence-corrected chi connectivity index (χ1v) is 8.65. The summed E-state index contributed by atoms with van der Waals surface area (Å²) in [5.74, 6) is 0.775. The van der Waals surface area contributed by atoms with E-state index in [0.29, 0.717) is 18.9 Å². The zero-order valence-corrected chi connectivity index (χ0v) is 13.4. The Kier molecular flexibility index (Phi) is 4.71. The highest BCUT2D eigenvalue weighted by Gasteiger charge is 2.51. The summed E-state index contributed by atoms with van der Waals surface area (Å²) < 4.78 is 5.36. The third-order valence-corrected chi connectivity index (χ3v) is 5.82. The zero-order valence-electron chi connectivity index (χ0n) is 13.4. The highest BCUT2D eigenvalue weighted by Crippen LogP contribution is 2.50. The normalized spacial score (nSPS) is 35.6. The second kappa shape index (κ2) is 6.57. The molecule has 0 bridgehead atoms. The average molecular weight is 309 g/mol. The molecule has 3 rings (SSSR count). The molecule has 1 saturated heterocycles. The highest BCUT2D eigenvalue weighted by molar-refractivity contribution is 5.83. The van der Waals surface area contributed by atoms with E-state index >= 15 is 0 Å². The molecule has 5 heteroatoms. The predicted octanol–water partition coefficient (Wildman–Crippen LogP) is 2.29. The topological polar surface area (TPSA) is 66.8 Å². The second-order valence-corrected chi connectivity index (χ2v) is 7.24. The van der Waals surface area contributed by atoms with Crippen LogP contribution < -0.4 is 0 Å². The molecule has 2 aliphatic carbocycles. The molecule has 4 unspecified atom stereocenters. The number of rotatable bonds is 5. The Balaban J connectivity index is 1.59. The summed E-state index contributed by atoms with van der Waals surface area (Å²) in [5, 5.41) is 9.06. The van der Waals surface area contributed by atoms with Crippen LogP contribution in [0.2, 0.25) is 0 Å². The number of hydrogen-bond acceptors (Lipinski definition) is 3. The lowest BCUT2D eigenvalue weighted by Gasteiger charge is -2.25. The molecule has 5 nitrogen and oxygen atoms in total. The number of methoxy groups -OCH3 is 1. The standard InChI is InChI=1S/C17H27NO4/c1-22-13-7-12(8-16(19)20)18(10-13)17(21)15-9-14(15)11-5-3-2-4-6-11/h11-15H,2-10H2,1H3,(H,19,20). The minimum absolute atomic E-state index is 0.0137. The molecule has 3 aliphatic rings. The molecular formula is C17H27NO4. The Hall–Kier alpha value is -1.10. The Morgan fingerprint density at radius 1 is 1.18 bits per heavy atom. The van der Waals surface area contributed by atoms with Crippen LogP contribution in [0, 0.1) is 17.8 Å². The number of aliphatic carboxylic acids is 1. The van der Waals surface area contributed by atoms with Crippen molar-refractivity contribution >= 4 is 11.9 Å². The van der Waals surface area contributed by atoms with Crippen molar-refractivity contribution in [2.45, 2.75) is 63.5 Å². The van der Waals surface area contributed by atoms with Gasteiger partial charge in [0, 0.05) is 25.6 Å². The van der Waals surface area contributed by atoms with E-state index in [2.05, 4.69) is 0 Å².